The molecule has 0 aromatic heterocycles. The lowest BCUT2D eigenvalue weighted by Gasteiger charge is -2.11. The maximum Gasteiger partial charge on any atom is 0.231 e. The fourth-order valence-corrected chi connectivity index (χ4v) is 2.39. The van der Waals surface area contributed by atoms with Crippen LogP contribution in [-0.4, -0.2) is 46.6 Å². The van der Waals surface area contributed by atoms with E-state index in [1.54, 1.807) is 0 Å². The second kappa shape index (κ2) is 8.02. The summed E-state index contributed by atoms with van der Waals surface area (Å²) in [4.78, 5) is 4.18. The number of aliphatic imine (C=N–C) groups is 1. The van der Waals surface area contributed by atoms with Gasteiger partial charge in [0.05, 0.1) is 12.3 Å². The number of fused-ring (bicyclic) bond motifs is 1. The molecule has 4 N–H and O–H groups in total. The fraction of sp³-hybridized carbons (Fsp3) is 0.500. The van der Waals surface area contributed by atoms with Gasteiger partial charge in [-0.05, 0) is 31.0 Å². The number of rotatable bonds is 7. The Kier molecular flexibility index (Phi) is 6.05. The first-order valence-corrected chi connectivity index (χ1v) is 9.10. The Hall–Kier alpha value is -2.00. The summed E-state index contributed by atoms with van der Waals surface area (Å²) in [5.41, 5.74) is 1.11. The molecule has 0 bridgehead atoms. The zero-order chi connectivity index (χ0) is 16.7. The number of primary sulfonamides is 1. The SMILES string of the molecule is CCNC(=NCCS(N)(=O)=O)NCCc1ccc2c(c1)OCO2. The second-order valence-corrected chi connectivity index (χ2v) is 6.73. The van der Waals surface area contributed by atoms with Crippen molar-refractivity contribution in [2.75, 3.05) is 32.2 Å². The molecule has 0 amide bonds. The molecule has 0 saturated carbocycles. The van der Waals surface area contributed by atoms with Crippen molar-refractivity contribution in [1.82, 2.24) is 10.6 Å². The van der Waals surface area contributed by atoms with Gasteiger partial charge in [0.2, 0.25) is 16.8 Å². The smallest absolute Gasteiger partial charge is 0.231 e. The van der Waals surface area contributed by atoms with Gasteiger partial charge in [-0.1, -0.05) is 6.07 Å². The van der Waals surface area contributed by atoms with Gasteiger partial charge in [0.15, 0.2) is 17.5 Å². The molecule has 0 unspecified atom stereocenters. The number of nitrogens with one attached hydrogen (secondary N) is 2. The van der Waals surface area contributed by atoms with Gasteiger partial charge in [0.25, 0.3) is 0 Å². The van der Waals surface area contributed by atoms with Gasteiger partial charge >= 0.3 is 0 Å². The summed E-state index contributed by atoms with van der Waals surface area (Å²) in [5.74, 6) is 1.92. The normalized spacial score (nSPS) is 13.9. The number of hydrogen-bond donors (Lipinski definition) is 3. The van der Waals surface area contributed by atoms with Crippen LogP contribution in [0.1, 0.15) is 12.5 Å². The number of ether oxygens (including phenoxy) is 2. The average Bonchev–Trinajstić information content (AvgIpc) is 2.93. The minimum Gasteiger partial charge on any atom is -0.454 e. The molecule has 0 fully saturated rings. The Morgan fingerprint density at radius 1 is 1.30 bits per heavy atom. The molecule has 0 saturated heterocycles. The monoisotopic (exact) mass is 342 g/mol. The molecular weight excluding hydrogens is 320 g/mol. The van der Waals surface area contributed by atoms with Gasteiger partial charge in [-0.3, -0.25) is 4.99 Å². The maximum absolute atomic E-state index is 10.9. The van der Waals surface area contributed by atoms with Crippen LogP contribution >= 0.6 is 0 Å². The van der Waals surface area contributed by atoms with E-state index in [0.29, 0.717) is 19.0 Å². The summed E-state index contributed by atoms with van der Waals surface area (Å²) < 4.78 is 32.4. The summed E-state index contributed by atoms with van der Waals surface area (Å²) in [6.45, 7) is 3.66. The Balaban J connectivity index is 1.82. The molecule has 0 atom stereocenters. The molecule has 1 aromatic rings. The van der Waals surface area contributed by atoms with E-state index in [9.17, 15) is 8.42 Å². The zero-order valence-electron chi connectivity index (χ0n) is 13.0. The van der Waals surface area contributed by atoms with E-state index < -0.39 is 10.0 Å². The van der Waals surface area contributed by atoms with Crippen LogP contribution in [0.2, 0.25) is 0 Å². The van der Waals surface area contributed by atoms with E-state index in [2.05, 4.69) is 15.6 Å². The predicted octanol–water partition coefficient (Wildman–Crippen LogP) is -0.199. The first-order valence-electron chi connectivity index (χ1n) is 7.39. The highest BCUT2D eigenvalue weighted by Gasteiger charge is 2.12. The van der Waals surface area contributed by atoms with Crippen LogP contribution in [0.5, 0.6) is 11.5 Å². The van der Waals surface area contributed by atoms with Gasteiger partial charge in [0, 0.05) is 13.1 Å². The van der Waals surface area contributed by atoms with Crippen LogP contribution in [0.3, 0.4) is 0 Å². The Morgan fingerprint density at radius 2 is 2.09 bits per heavy atom. The first-order chi connectivity index (χ1) is 11.0. The van der Waals surface area contributed by atoms with Crippen molar-refractivity contribution < 1.29 is 17.9 Å². The highest BCUT2D eigenvalue weighted by molar-refractivity contribution is 7.89. The van der Waals surface area contributed by atoms with Crippen LogP contribution in [0, 0.1) is 0 Å². The molecule has 23 heavy (non-hydrogen) atoms. The quantitative estimate of drug-likeness (QED) is 0.467. The second-order valence-electron chi connectivity index (χ2n) is 4.99. The highest BCUT2D eigenvalue weighted by Crippen LogP contribution is 2.32. The molecule has 1 aliphatic rings. The van der Waals surface area contributed by atoms with Gasteiger partial charge in [-0.25, -0.2) is 13.6 Å². The molecule has 0 aliphatic carbocycles. The molecule has 0 spiro atoms. The summed E-state index contributed by atoms with van der Waals surface area (Å²) >= 11 is 0. The van der Waals surface area contributed by atoms with Crippen molar-refractivity contribution in [1.29, 1.82) is 0 Å². The minimum absolute atomic E-state index is 0.123. The molecule has 8 nitrogen and oxygen atoms in total. The molecule has 1 aliphatic heterocycles. The van der Waals surface area contributed by atoms with E-state index >= 15 is 0 Å². The average molecular weight is 342 g/mol. The number of hydrogen-bond acceptors (Lipinski definition) is 5. The summed E-state index contributed by atoms with van der Waals surface area (Å²) in [7, 11) is -3.49. The lowest BCUT2D eigenvalue weighted by molar-refractivity contribution is 0.174. The molecule has 1 aromatic carbocycles. The lowest BCUT2D eigenvalue weighted by atomic mass is 10.1. The van der Waals surface area contributed by atoms with Gasteiger partial charge in [-0.2, -0.15) is 0 Å². The number of benzene rings is 1. The number of guanidine groups is 1. The highest BCUT2D eigenvalue weighted by atomic mass is 32.2. The van der Waals surface area contributed by atoms with Crippen LogP contribution in [0.4, 0.5) is 0 Å². The van der Waals surface area contributed by atoms with E-state index in [-0.39, 0.29) is 19.1 Å². The van der Waals surface area contributed by atoms with Crippen molar-refractivity contribution in [2.24, 2.45) is 10.1 Å². The van der Waals surface area contributed by atoms with Crippen molar-refractivity contribution >= 4 is 16.0 Å². The Morgan fingerprint density at radius 3 is 2.83 bits per heavy atom. The molecule has 9 heteroatoms. The van der Waals surface area contributed by atoms with Gasteiger partial charge < -0.3 is 20.1 Å². The third-order valence-corrected chi connectivity index (χ3v) is 3.88. The van der Waals surface area contributed by atoms with Gasteiger partial charge in [-0.15, -0.1) is 0 Å². The van der Waals surface area contributed by atoms with E-state index in [1.165, 1.54) is 0 Å². The first kappa shape index (κ1) is 17.4. The lowest BCUT2D eigenvalue weighted by Crippen LogP contribution is -2.38. The Labute approximate surface area is 136 Å². The number of nitrogens with two attached hydrogens (primary N) is 1. The minimum atomic E-state index is -3.49. The number of nitrogens with zero attached hydrogens (tertiary/aromatic N) is 1. The topological polar surface area (TPSA) is 115 Å². The molecule has 1 heterocycles. The fourth-order valence-electron chi connectivity index (χ4n) is 2.05. The van der Waals surface area contributed by atoms with E-state index in [1.807, 2.05) is 25.1 Å². The summed E-state index contributed by atoms with van der Waals surface area (Å²) in [6.07, 6.45) is 0.774. The van der Waals surface area contributed by atoms with Crippen molar-refractivity contribution in [3.63, 3.8) is 0 Å². The molecular formula is C14H22N4O4S. The zero-order valence-corrected chi connectivity index (χ0v) is 13.9. The molecule has 128 valence electrons. The van der Waals surface area contributed by atoms with Crippen LogP contribution < -0.4 is 25.2 Å². The predicted molar refractivity (Wildman–Crippen MR) is 88.2 cm³/mol. The van der Waals surface area contributed by atoms with Crippen LogP contribution in [-0.2, 0) is 16.4 Å². The van der Waals surface area contributed by atoms with Crippen molar-refractivity contribution in [3.8, 4) is 11.5 Å². The van der Waals surface area contributed by atoms with Crippen molar-refractivity contribution in [2.45, 2.75) is 13.3 Å². The summed E-state index contributed by atoms with van der Waals surface area (Å²) in [6, 6.07) is 5.83. The van der Waals surface area contributed by atoms with E-state index in [4.69, 9.17) is 14.6 Å². The van der Waals surface area contributed by atoms with E-state index in [0.717, 1.165) is 23.5 Å². The maximum atomic E-state index is 10.9. The Bertz CT molecular complexity index is 661. The molecule has 2 rings (SSSR count). The van der Waals surface area contributed by atoms with Crippen molar-refractivity contribution in [3.05, 3.63) is 23.8 Å². The third-order valence-electron chi connectivity index (χ3n) is 3.13. The van der Waals surface area contributed by atoms with Gasteiger partial charge in [0.1, 0.15) is 0 Å². The largest absolute Gasteiger partial charge is 0.454 e. The third kappa shape index (κ3) is 5.95. The van der Waals surface area contributed by atoms with Crippen LogP contribution in [0.25, 0.3) is 0 Å². The molecule has 0 radical (unpaired) electrons. The standard InChI is InChI=1S/C14H22N4O4S/c1-2-16-14(18-7-8-23(15,19)20)17-6-5-11-3-4-12-13(9-11)22-10-21-12/h3-4,9H,2,5-8,10H2,1H3,(H2,15,19,20)(H2,16,17,18). The summed E-state index contributed by atoms with van der Waals surface area (Å²) in [5, 5.41) is 11.2. The van der Waals surface area contributed by atoms with Crippen LogP contribution in [0.15, 0.2) is 23.2 Å². The number of sulfonamides is 1.